The maximum atomic E-state index is 3.80. The Morgan fingerprint density at radius 1 is 1.38 bits per heavy atom. The van der Waals surface area contributed by atoms with Gasteiger partial charge in [0.05, 0.1) is 0 Å². The summed E-state index contributed by atoms with van der Waals surface area (Å²) in [5.74, 6) is 3.11. The predicted molar refractivity (Wildman–Crippen MR) is 34.5 cm³/mol. The fourth-order valence-electron chi connectivity index (χ4n) is 2.05. The zero-order chi connectivity index (χ0) is 5.56. The molecule has 0 saturated heterocycles. The molecule has 3 atom stereocenters. The Morgan fingerprint density at radius 3 is 2.38 bits per heavy atom. The van der Waals surface area contributed by atoms with Gasteiger partial charge in [-0.2, -0.15) is 0 Å². The van der Waals surface area contributed by atoms with Crippen LogP contribution in [0.15, 0.2) is 12.7 Å². The Hall–Kier alpha value is -0.260. The monoisotopic (exact) mass is 108 g/mol. The van der Waals surface area contributed by atoms with E-state index in [-0.39, 0.29) is 0 Å². The van der Waals surface area contributed by atoms with Gasteiger partial charge in [-0.1, -0.05) is 6.08 Å². The topological polar surface area (TPSA) is 0 Å². The average Bonchev–Trinajstić information content (AvgIpc) is 1.76. The van der Waals surface area contributed by atoms with Crippen molar-refractivity contribution in [1.82, 2.24) is 0 Å². The minimum atomic E-state index is 0.911. The minimum absolute atomic E-state index is 0.911. The second-order valence-corrected chi connectivity index (χ2v) is 3.14. The van der Waals surface area contributed by atoms with Gasteiger partial charge in [0.1, 0.15) is 0 Å². The quantitative estimate of drug-likeness (QED) is 0.452. The first-order valence-corrected chi connectivity index (χ1v) is 3.54. The molecular weight excluding hydrogens is 96.1 g/mol. The van der Waals surface area contributed by atoms with Gasteiger partial charge in [0.25, 0.3) is 0 Å². The summed E-state index contributed by atoms with van der Waals surface area (Å²) in [5.41, 5.74) is 0. The lowest BCUT2D eigenvalue weighted by atomic mass is 9.53. The SMILES string of the molecule is C=CC1CC2CCC12. The van der Waals surface area contributed by atoms with Crippen molar-refractivity contribution in [3.8, 4) is 0 Å². The van der Waals surface area contributed by atoms with Gasteiger partial charge in [0.15, 0.2) is 0 Å². The van der Waals surface area contributed by atoms with E-state index in [1.54, 1.807) is 0 Å². The lowest BCUT2D eigenvalue weighted by Gasteiger charge is -2.52. The van der Waals surface area contributed by atoms with Crippen LogP contribution in [0.25, 0.3) is 0 Å². The molecule has 0 spiro atoms. The van der Waals surface area contributed by atoms with Crippen molar-refractivity contribution in [3.05, 3.63) is 12.7 Å². The van der Waals surface area contributed by atoms with E-state index < -0.39 is 0 Å². The largest absolute Gasteiger partial charge is 0.103 e. The Balaban J connectivity index is 1.97. The van der Waals surface area contributed by atoms with E-state index >= 15 is 0 Å². The van der Waals surface area contributed by atoms with Crippen molar-refractivity contribution in [2.24, 2.45) is 17.8 Å². The van der Waals surface area contributed by atoms with Gasteiger partial charge in [-0.15, -0.1) is 6.58 Å². The van der Waals surface area contributed by atoms with Crippen LogP contribution in [0, 0.1) is 17.8 Å². The van der Waals surface area contributed by atoms with Gasteiger partial charge < -0.3 is 0 Å². The van der Waals surface area contributed by atoms with Crippen molar-refractivity contribution < 1.29 is 0 Å². The number of rotatable bonds is 1. The number of fused-ring (bicyclic) bond motifs is 1. The third-order valence-corrected chi connectivity index (χ3v) is 2.90. The van der Waals surface area contributed by atoms with E-state index in [0.717, 1.165) is 17.8 Å². The van der Waals surface area contributed by atoms with Crippen molar-refractivity contribution in [3.63, 3.8) is 0 Å². The van der Waals surface area contributed by atoms with Gasteiger partial charge in [0.2, 0.25) is 0 Å². The standard InChI is InChI=1S/C8H12/c1-2-6-5-7-3-4-8(6)7/h2,6-8H,1,3-5H2. The molecule has 2 saturated carbocycles. The summed E-state index contributed by atoms with van der Waals surface area (Å²) >= 11 is 0. The molecule has 0 N–H and O–H groups in total. The van der Waals surface area contributed by atoms with Gasteiger partial charge in [-0.3, -0.25) is 0 Å². The number of hydrogen-bond donors (Lipinski definition) is 0. The number of hydrogen-bond acceptors (Lipinski definition) is 0. The maximum Gasteiger partial charge on any atom is -0.0202 e. The molecule has 0 nitrogen and oxygen atoms in total. The van der Waals surface area contributed by atoms with Crippen molar-refractivity contribution in [1.29, 1.82) is 0 Å². The van der Waals surface area contributed by atoms with Crippen LogP contribution in [0.5, 0.6) is 0 Å². The Morgan fingerprint density at radius 2 is 2.25 bits per heavy atom. The highest BCUT2D eigenvalue weighted by Gasteiger charge is 2.44. The Kier molecular flexibility index (Phi) is 0.787. The second-order valence-electron chi connectivity index (χ2n) is 3.14. The molecule has 0 amide bonds. The normalized spacial score (nSPS) is 50.8. The molecule has 0 radical (unpaired) electrons. The fourth-order valence-corrected chi connectivity index (χ4v) is 2.05. The lowest BCUT2D eigenvalue weighted by molar-refractivity contribution is 0.00313. The third-order valence-electron chi connectivity index (χ3n) is 2.90. The molecule has 0 aromatic carbocycles. The second kappa shape index (κ2) is 1.37. The molecule has 8 heavy (non-hydrogen) atoms. The highest BCUT2D eigenvalue weighted by molar-refractivity contribution is 5.03. The molecule has 0 heterocycles. The van der Waals surface area contributed by atoms with Crippen molar-refractivity contribution >= 4 is 0 Å². The lowest BCUT2D eigenvalue weighted by Crippen LogP contribution is -2.43. The van der Waals surface area contributed by atoms with Crippen molar-refractivity contribution in [2.75, 3.05) is 0 Å². The van der Waals surface area contributed by atoms with Crippen LogP contribution in [-0.2, 0) is 0 Å². The Bertz CT molecular complexity index is 115. The van der Waals surface area contributed by atoms with Crippen LogP contribution in [0.2, 0.25) is 0 Å². The molecule has 0 bridgehead atoms. The first-order chi connectivity index (χ1) is 3.92. The molecule has 2 aliphatic carbocycles. The molecule has 2 aliphatic rings. The van der Waals surface area contributed by atoms with Crippen molar-refractivity contribution in [2.45, 2.75) is 19.3 Å². The molecule has 3 unspecified atom stereocenters. The highest BCUT2D eigenvalue weighted by Crippen LogP contribution is 2.54. The molecule has 2 fully saturated rings. The van der Waals surface area contributed by atoms with Gasteiger partial charge >= 0.3 is 0 Å². The summed E-state index contributed by atoms with van der Waals surface area (Å²) in [6.07, 6.45) is 6.59. The summed E-state index contributed by atoms with van der Waals surface area (Å²) in [6, 6.07) is 0. The van der Waals surface area contributed by atoms with Crippen LogP contribution in [0.4, 0.5) is 0 Å². The van der Waals surface area contributed by atoms with E-state index in [2.05, 4.69) is 12.7 Å². The zero-order valence-electron chi connectivity index (χ0n) is 5.14. The van der Waals surface area contributed by atoms with Gasteiger partial charge in [-0.05, 0) is 37.0 Å². The van der Waals surface area contributed by atoms with E-state index in [1.807, 2.05) is 0 Å². The minimum Gasteiger partial charge on any atom is -0.103 e. The zero-order valence-corrected chi connectivity index (χ0v) is 5.14. The molecular formula is C8H12. The van der Waals surface area contributed by atoms with Crippen LogP contribution in [-0.4, -0.2) is 0 Å². The molecule has 0 aromatic heterocycles. The fraction of sp³-hybridized carbons (Fsp3) is 0.750. The van der Waals surface area contributed by atoms with Crippen LogP contribution in [0.3, 0.4) is 0 Å². The van der Waals surface area contributed by atoms with Crippen LogP contribution >= 0.6 is 0 Å². The van der Waals surface area contributed by atoms with Crippen LogP contribution in [0.1, 0.15) is 19.3 Å². The molecule has 44 valence electrons. The van der Waals surface area contributed by atoms with Gasteiger partial charge in [-0.25, -0.2) is 0 Å². The van der Waals surface area contributed by atoms with E-state index in [0.29, 0.717) is 0 Å². The molecule has 0 heteroatoms. The first-order valence-electron chi connectivity index (χ1n) is 3.54. The highest BCUT2D eigenvalue weighted by atomic mass is 14.5. The summed E-state index contributed by atoms with van der Waals surface area (Å²) in [5, 5.41) is 0. The summed E-state index contributed by atoms with van der Waals surface area (Å²) < 4.78 is 0. The number of allylic oxidation sites excluding steroid dienone is 1. The summed E-state index contributed by atoms with van der Waals surface area (Å²) in [7, 11) is 0. The molecule has 2 rings (SSSR count). The third kappa shape index (κ3) is 0.367. The Labute approximate surface area is 50.6 Å². The van der Waals surface area contributed by atoms with E-state index in [9.17, 15) is 0 Å². The first kappa shape index (κ1) is 4.60. The average molecular weight is 108 g/mol. The van der Waals surface area contributed by atoms with E-state index in [1.165, 1.54) is 19.3 Å². The summed E-state index contributed by atoms with van der Waals surface area (Å²) in [4.78, 5) is 0. The smallest absolute Gasteiger partial charge is 0.0202 e. The van der Waals surface area contributed by atoms with Crippen LogP contribution < -0.4 is 0 Å². The van der Waals surface area contributed by atoms with E-state index in [4.69, 9.17) is 0 Å². The predicted octanol–water partition coefficient (Wildman–Crippen LogP) is 2.22. The molecule has 0 aliphatic heterocycles. The summed E-state index contributed by atoms with van der Waals surface area (Å²) in [6.45, 7) is 3.80. The van der Waals surface area contributed by atoms with Gasteiger partial charge in [0, 0.05) is 0 Å². The maximum absolute atomic E-state index is 3.80. The molecule has 0 aromatic rings.